The largest absolute Gasteiger partial charge is 0.497 e. The molecule has 1 N–H and O–H groups in total. The molecule has 3 rings (SSSR count). The van der Waals surface area contributed by atoms with Crippen LogP contribution in [0, 0.1) is 0 Å². The number of nitrogens with zero attached hydrogens (tertiary/aromatic N) is 1. The summed E-state index contributed by atoms with van der Waals surface area (Å²) in [5.74, 6) is 0.356. The van der Waals surface area contributed by atoms with Crippen molar-refractivity contribution in [2.24, 2.45) is 0 Å². The topological polar surface area (TPSA) is 75.7 Å². The number of methoxy groups -OCH3 is 1. The quantitative estimate of drug-likeness (QED) is 0.550. The van der Waals surface area contributed by atoms with Gasteiger partial charge in [0.25, 0.3) is 15.9 Å². The van der Waals surface area contributed by atoms with Gasteiger partial charge in [-0.2, -0.15) is 0 Å². The molecular formula is C23H23ClN2O4S. The SMILES string of the molecule is COc1ccc(S(=O)(=O)N(C)c2ccc(C(=O)NCCc3ccc(Cl)cc3)cc2)cc1. The van der Waals surface area contributed by atoms with Gasteiger partial charge in [-0.25, -0.2) is 8.42 Å². The third-order valence-electron chi connectivity index (χ3n) is 4.82. The second-order valence-electron chi connectivity index (χ2n) is 6.83. The first-order chi connectivity index (χ1) is 14.8. The number of halogens is 1. The van der Waals surface area contributed by atoms with Crippen LogP contribution in [-0.4, -0.2) is 35.0 Å². The summed E-state index contributed by atoms with van der Waals surface area (Å²) in [7, 11) is -0.738. The van der Waals surface area contributed by atoms with E-state index >= 15 is 0 Å². The van der Waals surface area contributed by atoms with E-state index in [1.54, 1.807) is 36.4 Å². The molecule has 0 atom stereocenters. The van der Waals surface area contributed by atoms with Gasteiger partial charge >= 0.3 is 0 Å². The lowest BCUT2D eigenvalue weighted by Crippen LogP contribution is -2.27. The van der Waals surface area contributed by atoms with Crippen molar-refractivity contribution >= 4 is 33.2 Å². The number of benzene rings is 3. The highest BCUT2D eigenvalue weighted by molar-refractivity contribution is 7.92. The molecule has 0 heterocycles. The van der Waals surface area contributed by atoms with Crippen LogP contribution in [0.3, 0.4) is 0 Å². The predicted octanol–water partition coefficient (Wildman–Crippen LogP) is 4.15. The maximum atomic E-state index is 12.8. The number of nitrogens with one attached hydrogen (secondary N) is 1. The van der Waals surface area contributed by atoms with E-state index in [0.717, 1.165) is 5.56 Å². The molecule has 6 nitrogen and oxygen atoms in total. The van der Waals surface area contributed by atoms with E-state index in [9.17, 15) is 13.2 Å². The summed E-state index contributed by atoms with van der Waals surface area (Å²) >= 11 is 5.87. The first-order valence-corrected chi connectivity index (χ1v) is 11.4. The average Bonchev–Trinajstić information content (AvgIpc) is 2.80. The monoisotopic (exact) mass is 458 g/mol. The Balaban J connectivity index is 1.62. The van der Waals surface area contributed by atoms with E-state index in [0.29, 0.717) is 35.0 Å². The van der Waals surface area contributed by atoms with Crippen LogP contribution >= 0.6 is 11.6 Å². The van der Waals surface area contributed by atoms with Gasteiger partial charge in [0, 0.05) is 24.2 Å². The Hall–Kier alpha value is -3.03. The van der Waals surface area contributed by atoms with Crippen LogP contribution in [0.25, 0.3) is 0 Å². The van der Waals surface area contributed by atoms with E-state index in [-0.39, 0.29) is 10.8 Å². The molecular weight excluding hydrogens is 436 g/mol. The lowest BCUT2D eigenvalue weighted by molar-refractivity contribution is 0.0954. The summed E-state index contributed by atoms with van der Waals surface area (Å²) in [5, 5.41) is 3.54. The van der Waals surface area contributed by atoms with Crippen molar-refractivity contribution < 1.29 is 17.9 Å². The molecule has 0 aliphatic heterocycles. The molecule has 0 spiro atoms. The van der Waals surface area contributed by atoms with Crippen LogP contribution in [-0.2, 0) is 16.4 Å². The molecule has 162 valence electrons. The van der Waals surface area contributed by atoms with Crippen LogP contribution < -0.4 is 14.4 Å². The minimum atomic E-state index is -3.73. The minimum Gasteiger partial charge on any atom is -0.497 e. The molecule has 3 aromatic rings. The highest BCUT2D eigenvalue weighted by Crippen LogP contribution is 2.24. The molecule has 0 saturated heterocycles. The first kappa shape index (κ1) is 22.7. The minimum absolute atomic E-state index is 0.153. The Bertz CT molecular complexity index is 1130. The summed E-state index contributed by atoms with van der Waals surface area (Å²) in [5.41, 5.74) is 1.98. The van der Waals surface area contributed by atoms with Crippen LogP contribution in [0.15, 0.2) is 77.7 Å². The number of rotatable bonds is 8. The number of carbonyl (C=O) groups is 1. The fourth-order valence-electron chi connectivity index (χ4n) is 2.94. The van der Waals surface area contributed by atoms with Gasteiger partial charge in [0.05, 0.1) is 17.7 Å². The number of carbonyl (C=O) groups excluding carboxylic acids is 1. The van der Waals surface area contributed by atoms with Gasteiger partial charge in [-0.15, -0.1) is 0 Å². The summed E-state index contributed by atoms with van der Waals surface area (Å²) in [6, 6.07) is 20.1. The molecule has 31 heavy (non-hydrogen) atoms. The van der Waals surface area contributed by atoms with Gasteiger partial charge in [0.1, 0.15) is 5.75 Å². The Morgan fingerprint density at radius 3 is 2.16 bits per heavy atom. The molecule has 1 amide bonds. The van der Waals surface area contributed by atoms with Crippen LogP contribution in [0.4, 0.5) is 5.69 Å². The molecule has 0 aromatic heterocycles. The standard InChI is InChI=1S/C23H23ClN2O4S/c1-26(31(28,29)22-13-11-21(30-2)12-14-22)20-9-5-18(6-10-20)23(27)25-16-15-17-3-7-19(24)8-4-17/h3-14H,15-16H2,1-2H3,(H,25,27). The number of sulfonamides is 1. The third kappa shape index (κ3) is 5.57. The molecule has 8 heteroatoms. The van der Waals surface area contributed by atoms with Gasteiger partial charge < -0.3 is 10.1 Å². The van der Waals surface area contributed by atoms with E-state index in [2.05, 4.69) is 5.32 Å². The van der Waals surface area contributed by atoms with Crippen molar-refractivity contribution in [3.63, 3.8) is 0 Å². The Kier molecular flexibility index (Phi) is 7.20. The van der Waals surface area contributed by atoms with Gasteiger partial charge in [0.15, 0.2) is 0 Å². The summed E-state index contributed by atoms with van der Waals surface area (Å²) < 4.78 is 31.9. The maximum absolute atomic E-state index is 12.8. The molecule has 0 aliphatic carbocycles. The smallest absolute Gasteiger partial charge is 0.264 e. The number of hydrogen-bond donors (Lipinski definition) is 1. The van der Waals surface area contributed by atoms with Gasteiger partial charge in [0.2, 0.25) is 0 Å². The maximum Gasteiger partial charge on any atom is 0.264 e. The van der Waals surface area contributed by atoms with E-state index < -0.39 is 10.0 Å². The second kappa shape index (κ2) is 9.85. The highest BCUT2D eigenvalue weighted by atomic mass is 35.5. The summed E-state index contributed by atoms with van der Waals surface area (Å²) in [6.45, 7) is 0.480. The Morgan fingerprint density at radius 2 is 1.58 bits per heavy atom. The molecule has 0 unspecified atom stereocenters. The molecule has 0 fully saturated rings. The molecule has 0 aliphatic rings. The fourth-order valence-corrected chi connectivity index (χ4v) is 4.26. The number of ether oxygens (including phenoxy) is 1. The van der Waals surface area contributed by atoms with Gasteiger partial charge in [-0.1, -0.05) is 23.7 Å². The second-order valence-corrected chi connectivity index (χ2v) is 9.23. The molecule has 0 saturated carbocycles. The van der Waals surface area contributed by atoms with Crippen LogP contribution in [0.5, 0.6) is 5.75 Å². The zero-order valence-corrected chi connectivity index (χ0v) is 18.8. The van der Waals surface area contributed by atoms with E-state index in [1.807, 2.05) is 24.3 Å². The zero-order valence-electron chi connectivity index (χ0n) is 17.2. The Labute approximate surface area is 187 Å². The molecule has 0 bridgehead atoms. The van der Waals surface area contributed by atoms with E-state index in [4.69, 9.17) is 16.3 Å². The van der Waals surface area contributed by atoms with E-state index in [1.165, 1.54) is 30.6 Å². The Morgan fingerprint density at radius 1 is 0.968 bits per heavy atom. The third-order valence-corrected chi connectivity index (χ3v) is 6.88. The number of hydrogen-bond acceptors (Lipinski definition) is 4. The van der Waals surface area contributed by atoms with Crippen molar-refractivity contribution in [2.45, 2.75) is 11.3 Å². The van der Waals surface area contributed by atoms with Crippen molar-refractivity contribution in [1.82, 2.24) is 5.32 Å². The molecule has 0 radical (unpaired) electrons. The molecule has 3 aromatic carbocycles. The van der Waals surface area contributed by atoms with Crippen molar-refractivity contribution in [1.29, 1.82) is 0 Å². The average molecular weight is 459 g/mol. The zero-order chi connectivity index (χ0) is 22.4. The fraction of sp³-hybridized carbons (Fsp3) is 0.174. The highest BCUT2D eigenvalue weighted by Gasteiger charge is 2.21. The lowest BCUT2D eigenvalue weighted by atomic mass is 10.1. The van der Waals surface area contributed by atoms with Crippen molar-refractivity contribution in [3.8, 4) is 5.75 Å². The van der Waals surface area contributed by atoms with Gasteiger partial charge in [-0.05, 0) is 72.6 Å². The summed E-state index contributed by atoms with van der Waals surface area (Å²) in [6.07, 6.45) is 0.684. The number of anilines is 1. The number of amides is 1. The van der Waals surface area contributed by atoms with Crippen molar-refractivity contribution in [3.05, 3.63) is 88.9 Å². The predicted molar refractivity (Wildman–Crippen MR) is 123 cm³/mol. The van der Waals surface area contributed by atoms with Crippen molar-refractivity contribution in [2.75, 3.05) is 25.0 Å². The van der Waals surface area contributed by atoms with Crippen LogP contribution in [0.2, 0.25) is 5.02 Å². The van der Waals surface area contributed by atoms with Gasteiger partial charge in [-0.3, -0.25) is 9.10 Å². The first-order valence-electron chi connectivity index (χ1n) is 9.57. The lowest BCUT2D eigenvalue weighted by Gasteiger charge is -2.20. The van der Waals surface area contributed by atoms with Crippen LogP contribution in [0.1, 0.15) is 15.9 Å². The normalized spacial score (nSPS) is 11.1. The summed E-state index contributed by atoms with van der Waals surface area (Å²) in [4.78, 5) is 12.5.